The van der Waals surface area contributed by atoms with Crippen molar-refractivity contribution in [2.45, 2.75) is 17.4 Å². The minimum Gasteiger partial charge on any atom is -0.344 e. The Labute approximate surface area is 173 Å². The summed E-state index contributed by atoms with van der Waals surface area (Å²) in [6.07, 6.45) is 2.23. The van der Waals surface area contributed by atoms with Gasteiger partial charge in [0, 0.05) is 34.3 Å². The van der Waals surface area contributed by atoms with Gasteiger partial charge in [0.1, 0.15) is 20.5 Å². The van der Waals surface area contributed by atoms with Crippen LogP contribution in [0.15, 0.2) is 41.4 Å². The number of aromatic nitrogens is 1. The molecule has 142 valence electrons. The fraction of sp³-hybridized carbons (Fsp3) is 0.235. The van der Waals surface area contributed by atoms with E-state index in [1.807, 2.05) is 22.6 Å². The zero-order valence-electron chi connectivity index (χ0n) is 14.0. The largest absolute Gasteiger partial charge is 0.344 e. The van der Waals surface area contributed by atoms with Crippen LogP contribution in [0, 0.1) is 9.39 Å². The van der Waals surface area contributed by atoms with E-state index >= 15 is 0 Å². The summed E-state index contributed by atoms with van der Waals surface area (Å²) in [5.74, 6) is -0.446. The Hall–Kier alpha value is -1.34. The summed E-state index contributed by atoms with van der Waals surface area (Å²) in [4.78, 5) is 4.98. The van der Waals surface area contributed by atoms with Gasteiger partial charge in [0.15, 0.2) is 0 Å². The molecule has 0 spiro atoms. The molecule has 3 aromatic rings. The van der Waals surface area contributed by atoms with Crippen LogP contribution in [-0.2, 0) is 10.0 Å². The topological polar surface area (TPSA) is 88.3 Å². The van der Waals surface area contributed by atoms with Crippen LogP contribution in [0.3, 0.4) is 0 Å². The first-order valence-electron chi connectivity index (χ1n) is 8.21. The van der Waals surface area contributed by atoms with Crippen molar-refractivity contribution in [3.63, 3.8) is 0 Å². The Morgan fingerprint density at radius 1 is 1.37 bits per heavy atom. The van der Waals surface area contributed by atoms with E-state index in [0.29, 0.717) is 28.2 Å². The number of nitrogens with two attached hydrogens (primary N) is 1. The molecule has 3 N–H and O–H groups in total. The van der Waals surface area contributed by atoms with Crippen LogP contribution in [0.4, 0.5) is 15.1 Å². The van der Waals surface area contributed by atoms with Crippen molar-refractivity contribution in [2.24, 2.45) is 5.73 Å². The van der Waals surface area contributed by atoms with Gasteiger partial charge in [-0.25, -0.2) is 17.8 Å². The average molecular weight is 518 g/mol. The molecule has 0 radical (unpaired) electrons. The monoisotopic (exact) mass is 518 g/mol. The lowest BCUT2D eigenvalue weighted by atomic mass is 10.3. The lowest BCUT2D eigenvalue weighted by Crippen LogP contribution is -2.32. The highest BCUT2D eigenvalue weighted by Gasteiger charge is 2.35. The number of anilines is 2. The zero-order valence-corrected chi connectivity index (χ0v) is 17.8. The highest BCUT2D eigenvalue weighted by Crippen LogP contribution is 2.41. The Bertz CT molecular complexity index is 1120. The summed E-state index contributed by atoms with van der Waals surface area (Å²) < 4.78 is 43.1. The summed E-state index contributed by atoms with van der Waals surface area (Å²) in [6, 6.07) is 7.98. The summed E-state index contributed by atoms with van der Waals surface area (Å²) in [5.41, 5.74) is 6.12. The minimum atomic E-state index is -3.79. The van der Waals surface area contributed by atoms with E-state index in [0.717, 1.165) is 3.57 Å². The lowest BCUT2D eigenvalue weighted by Gasteiger charge is -2.17. The molecule has 27 heavy (non-hydrogen) atoms. The molecule has 4 rings (SSSR count). The first-order chi connectivity index (χ1) is 12.9. The van der Waals surface area contributed by atoms with Gasteiger partial charge in [0.05, 0.1) is 5.69 Å². The van der Waals surface area contributed by atoms with E-state index in [1.54, 1.807) is 30.5 Å². The molecule has 2 aromatic heterocycles. The number of pyridine rings is 1. The van der Waals surface area contributed by atoms with Crippen molar-refractivity contribution in [3.05, 3.63) is 45.9 Å². The van der Waals surface area contributed by atoms with Crippen LogP contribution in [-0.4, -0.2) is 36.8 Å². The summed E-state index contributed by atoms with van der Waals surface area (Å²) in [5, 5.41) is 3.84. The van der Waals surface area contributed by atoms with Gasteiger partial charge >= 0.3 is 0 Å². The number of thiophene rings is 1. The van der Waals surface area contributed by atoms with Gasteiger partial charge in [-0.2, -0.15) is 4.31 Å². The van der Waals surface area contributed by atoms with Gasteiger partial charge in [-0.3, -0.25) is 0 Å². The van der Waals surface area contributed by atoms with Crippen LogP contribution in [0.2, 0.25) is 0 Å². The van der Waals surface area contributed by atoms with Gasteiger partial charge in [-0.05, 0) is 59.3 Å². The molecule has 0 unspecified atom stereocenters. The fourth-order valence-corrected chi connectivity index (χ4v) is 6.69. The molecule has 10 heteroatoms. The smallest absolute Gasteiger partial charge is 0.246 e. The third-order valence-electron chi connectivity index (χ3n) is 4.39. The number of sulfonamides is 1. The van der Waals surface area contributed by atoms with Crippen LogP contribution < -0.4 is 11.1 Å². The van der Waals surface area contributed by atoms with Crippen molar-refractivity contribution >= 4 is 64.9 Å². The van der Waals surface area contributed by atoms with E-state index in [-0.39, 0.29) is 23.2 Å². The molecule has 1 aliphatic rings. The molecule has 0 saturated carbocycles. The van der Waals surface area contributed by atoms with Crippen molar-refractivity contribution in [1.82, 2.24) is 9.29 Å². The van der Waals surface area contributed by atoms with Crippen LogP contribution in [0.1, 0.15) is 6.42 Å². The highest BCUT2D eigenvalue weighted by molar-refractivity contribution is 14.1. The summed E-state index contributed by atoms with van der Waals surface area (Å²) in [7, 11) is -3.79. The standard InChI is InChI=1S/C17H16FIN4O2S2/c18-13-8-10(19)3-4-14(13)22-17-15(12-2-1-6-21-16(12)26-17)27(24,25)23-7-5-11(20)9-23/h1-4,6,8,11,22H,5,7,9,20H2/t11-/m0/s1. The molecule has 1 fully saturated rings. The van der Waals surface area contributed by atoms with Crippen LogP contribution >= 0.6 is 33.9 Å². The second-order valence-electron chi connectivity index (χ2n) is 6.28. The molecule has 1 saturated heterocycles. The zero-order chi connectivity index (χ0) is 19.2. The lowest BCUT2D eigenvalue weighted by molar-refractivity contribution is 0.473. The van der Waals surface area contributed by atoms with E-state index in [1.165, 1.54) is 21.7 Å². The van der Waals surface area contributed by atoms with E-state index in [9.17, 15) is 12.8 Å². The number of nitrogens with zero attached hydrogens (tertiary/aromatic N) is 2. The number of benzene rings is 1. The first kappa shape index (κ1) is 19.0. The maximum Gasteiger partial charge on any atom is 0.246 e. The number of nitrogens with one attached hydrogen (secondary N) is 1. The first-order valence-corrected chi connectivity index (χ1v) is 11.5. The molecule has 1 aromatic carbocycles. The summed E-state index contributed by atoms with van der Waals surface area (Å²) in [6.45, 7) is 0.649. The van der Waals surface area contributed by atoms with E-state index in [2.05, 4.69) is 10.3 Å². The molecule has 3 heterocycles. The maximum absolute atomic E-state index is 14.3. The highest BCUT2D eigenvalue weighted by atomic mass is 127. The van der Waals surface area contributed by atoms with Crippen LogP contribution in [0.25, 0.3) is 10.2 Å². The number of halogens is 2. The summed E-state index contributed by atoms with van der Waals surface area (Å²) >= 11 is 3.21. The van der Waals surface area contributed by atoms with Crippen molar-refractivity contribution in [1.29, 1.82) is 0 Å². The molecule has 0 bridgehead atoms. The van der Waals surface area contributed by atoms with Gasteiger partial charge < -0.3 is 11.1 Å². The molecule has 0 amide bonds. The molecular formula is C17H16FIN4O2S2. The van der Waals surface area contributed by atoms with Gasteiger partial charge in [0.25, 0.3) is 0 Å². The van der Waals surface area contributed by atoms with Gasteiger partial charge in [-0.15, -0.1) is 0 Å². The van der Waals surface area contributed by atoms with Crippen LogP contribution in [0.5, 0.6) is 0 Å². The number of hydrogen-bond acceptors (Lipinski definition) is 6. The Balaban J connectivity index is 1.85. The number of rotatable bonds is 4. The fourth-order valence-electron chi connectivity index (χ4n) is 3.06. The van der Waals surface area contributed by atoms with Gasteiger partial charge in [0.2, 0.25) is 10.0 Å². The predicted molar refractivity (Wildman–Crippen MR) is 113 cm³/mol. The maximum atomic E-state index is 14.3. The van der Waals surface area contributed by atoms with Crippen molar-refractivity contribution in [2.75, 3.05) is 18.4 Å². The Morgan fingerprint density at radius 2 is 2.19 bits per heavy atom. The quantitative estimate of drug-likeness (QED) is 0.517. The normalized spacial score (nSPS) is 18.3. The van der Waals surface area contributed by atoms with Gasteiger partial charge in [-0.1, -0.05) is 11.3 Å². The molecule has 1 aliphatic heterocycles. The molecule has 0 aliphatic carbocycles. The van der Waals surface area contributed by atoms with Crippen molar-refractivity contribution in [3.8, 4) is 0 Å². The molecule has 1 atom stereocenters. The second-order valence-corrected chi connectivity index (χ2v) is 10.4. The number of hydrogen-bond donors (Lipinski definition) is 2. The average Bonchev–Trinajstić information content (AvgIpc) is 3.21. The predicted octanol–water partition coefficient (Wildman–Crippen LogP) is 3.51. The third kappa shape index (κ3) is 3.56. The SMILES string of the molecule is N[C@H]1CCN(S(=O)(=O)c2c(Nc3ccc(I)cc3F)sc3ncccc23)C1. The molecule has 6 nitrogen and oxygen atoms in total. The van der Waals surface area contributed by atoms with E-state index in [4.69, 9.17) is 5.73 Å². The minimum absolute atomic E-state index is 0.127. The third-order valence-corrected chi connectivity index (χ3v) is 8.17. The van der Waals surface area contributed by atoms with E-state index < -0.39 is 15.8 Å². The number of fused-ring (bicyclic) bond motifs is 1. The molecular weight excluding hydrogens is 502 g/mol. The second kappa shape index (κ2) is 7.24. The Kier molecular flexibility index (Phi) is 5.10. The van der Waals surface area contributed by atoms with Crippen molar-refractivity contribution < 1.29 is 12.8 Å². The Morgan fingerprint density at radius 3 is 2.89 bits per heavy atom.